The molecule has 29 atom stereocenters. The summed E-state index contributed by atoms with van der Waals surface area (Å²) in [6.45, 7) is 14.3. The van der Waals surface area contributed by atoms with Crippen LogP contribution in [0.4, 0.5) is 0 Å². The summed E-state index contributed by atoms with van der Waals surface area (Å²) in [6, 6.07) is -3.58. The van der Waals surface area contributed by atoms with Crippen molar-refractivity contribution in [2.24, 2.45) is 35.5 Å². The van der Waals surface area contributed by atoms with Gasteiger partial charge < -0.3 is 93.2 Å². The van der Waals surface area contributed by atoms with E-state index in [1.165, 1.54) is 55.2 Å². The van der Waals surface area contributed by atoms with Crippen molar-refractivity contribution in [3.05, 3.63) is 0 Å². The Labute approximate surface area is 510 Å². The van der Waals surface area contributed by atoms with Crippen LogP contribution in [0.3, 0.4) is 0 Å². The quantitative estimate of drug-likeness (QED) is 0.0731. The minimum Gasteiger partial charge on any atom is -0.779 e. The fourth-order valence-corrected chi connectivity index (χ4v) is 16.4. The topological polar surface area (TPSA) is 286 Å². The second-order valence-electron chi connectivity index (χ2n) is 22.8. The van der Waals surface area contributed by atoms with Crippen molar-refractivity contribution in [2.75, 3.05) is 87.2 Å². The number of aliphatic hydroxyl groups is 1. The Morgan fingerprint density at radius 2 is 0.762 bits per heavy atom. The van der Waals surface area contributed by atoms with Gasteiger partial charge in [-0.25, -0.2) is 0 Å². The van der Waals surface area contributed by atoms with E-state index >= 15 is 0 Å². The van der Waals surface area contributed by atoms with Gasteiger partial charge in [-0.15, -0.1) is 0 Å². The van der Waals surface area contributed by atoms with Gasteiger partial charge in [0.1, 0.15) is 59.9 Å². The largest absolute Gasteiger partial charge is 0.779 e. The van der Waals surface area contributed by atoms with Crippen LogP contribution in [-0.4, -0.2) is 291 Å². The molecule has 0 bridgehead atoms. The van der Waals surface area contributed by atoms with Gasteiger partial charge in [0.05, 0.1) is 104 Å². The molecule has 6 aliphatic rings. The fraction of sp³-hybridized carbons (Fsp3) is 1.00. The third kappa shape index (κ3) is 20.8. The zero-order valence-electron chi connectivity index (χ0n) is 50.1. The molecule has 0 aliphatic carbocycles. The number of methoxy groups -OCH3 is 2. The maximum Gasteiger partial charge on any atom is 0.328 e. The lowest BCUT2D eigenvalue weighted by molar-refractivity contribution is -0.199. The molecule has 41 heteroatoms. The summed E-state index contributed by atoms with van der Waals surface area (Å²) in [5.74, 6) is -1.88. The molecular formula is C43H76B12O24P5-. The van der Waals surface area contributed by atoms with Crippen molar-refractivity contribution in [1.82, 2.24) is 0 Å². The lowest BCUT2D eigenvalue weighted by atomic mass is 9.16. The van der Waals surface area contributed by atoms with Crippen molar-refractivity contribution in [1.29, 1.82) is 0 Å². The van der Waals surface area contributed by atoms with Gasteiger partial charge in [-0.2, -0.15) is 0 Å². The first-order valence-corrected chi connectivity index (χ1v) is 37.7. The Balaban J connectivity index is 0.000000309. The molecule has 1 N–H and O–H groups in total. The lowest BCUT2D eigenvalue weighted by Gasteiger charge is -2.29. The highest BCUT2D eigenvalue weighted by molar-refractivity contribution is 7.54. The highest BCUT2D eigenvalue weighted by Crippen LogP contribution is 2.55. The van der Waals surface area contributed by atoms with Crippen LogP contribution in [0, 0.1) is 35.5 Å². The average molecular weight is 1260 g/mol. The standard InChI is InChI=1S/C22H40B6O13P3.C21H37B6O11P2/c1-11-17(33-4)14(37-20(11)23)9-35-43(6,31)40-18-12(2)21(27-24)38-15(18)10-36-44(7,32)41-19-13(3)22(28(25)26)39-16(19)8-34-42(5,29)30;1-10-16(28)13(34-19(10)22)8-32-39(5,29)37-17-11(2)20(26-23)35-15(17)9-33-40(6,30)38-18-12(3)21(27(24)25)36-14(18)7-31-4/h11-22H,8-10H2,1-7H3,(H,29,30);10-21,28H,7-9H2,1-6H3/p-1. The Morgan fingerprint density at radius 1 is 0.452 bits per heavy atom. The number of hydrogen-bond donors (Lipinski definition) is 1. The normalized spacial score (nSPS) is 42.2. The Hall–Kier alpha value is 1.17. The van der Waals surface area contributed by atoms with Gasteiger partial charge >= 0.3 is 30.4 Å². The molecule has 6 saturated heterocycles. The third-order valence-corrected chi connectivity index (χ3v) is 21.4. The predicted molar refractivity (Wildman–Crippen MR) is 322 cm³/mol. The number of hydrogen-bond acceptors (Lipinski definition) is 24. The maximum atomic E-state index is 13.5. The highest BCUT2D eigenvalue weighted by atomic mass is 31.2. The minimum atomic E-state index is -4.09. The lowest BCUT2D eigenvalue weighted by Crippen LogP contribution is -2.38. The molecule has 6 heterocycles. The second kappa shape index (κ2) is 32.3. The van der Waals surface area contributed by atoms with Crippen LogP contribution >= 0.6 is 38.0 Å². The zero-order chi connectivity index (χ0) is 63.2. The van der Waals surface area contributed by atoms with E-state index in [1.807, 2.05) is 20.8 Å². The zero-order valence-corrected chi connectivity index (χ0v) is 54.6. The van der Waals surface area contributed by atoms with Crippen molar-refractivity contribution in [3.63, 3.8) is 0 Å². The average Bonchev–Trinajstić information content (AvgIpc) is 2.88. The van der Waals surface area contributed by atoms with Crippen LogP contribution < -0.4 is 4.89 Å². The molecule has 6 fully saturated rings. The Bertz CT molecular complexity index is 2320. The van der Waals surface area contributed by atoms with Gasteiger partial charge in [0.15, 0.2) is 0 Å². The summed E-state index contributed by atoms with van der Waals surface area (Å²) in [7, 11) is 33.5. The first kappa shape index (κ1) is 75.9. The summed E-state index contributed by atoms with van der Waals surface area (Å²) in [5, 5.41) is 10.3. The molecule has 18 radical (unpaired) electrons. The molecule has 0 saturated carbocycles. The monoisotopic (exact) mass is 1260 g/mol. The maximum absolute atomic E-state index is 13.5. The van der Waals surface area contributed by atoms with E-state index in [0.717, 1.165) is 6.66 Å². The smallest absolute Gasteiger partial charge is 0.328 e. The van der Waals surface area contributed by atoms with Crippen LogP contribution in [0.15, 0.2) is 0 Å². The van der Waals surface area contributed by atoms with Gasteiger partial charge in [0.2, 0.25) is 0 Å². The van der Waals surface area contributed by atoms with Crippen molar-refractivity contribution < 1.29 is 111 Å². The highest BCUT2D eigenvalue weighted by Gasteiger charge is 2.52. The van der Waals surface area contributed by atoms with E-state index in [2.05, 4.69) is 0 Å². The molecule has 6 aliphatic heterocycles. The van der Waals surface area contributed by atoms with E-state index in [1.54, 1.807) is 20.8 Å². The van der Waals surface area contributed by atoms with Gasteiger partial charge in [-0.05, 0) is 0 Å². The Kier molecular flexibility index (Phi) is 29.2. The molecule has 0 aromatic heterocycles. The van der Waals surface area contributed by atoms with E-state index in [9.17, 15) is 32.8 Å². The number of ether oxygens (including phenoxy) is 8. The van der Waals surface area contributed by atoms with Gasteiger partial charge in [0.25, 0.3) is 0 Å². The van der Waals surface area contributed by atoms with E-state index in [-0.39, 0.29) is 68.7 Å². The summed E-state index contributed by atoms with van der Waals surface area (Å²) < 4.78 is 162. The molecule has 6 rings (SSSR count). The summed E-state index contributed by atoms with van der Waals surface area (Å²) in [4.78, 5) is 11.6. The van der Waals surface area contributed by atoms with Crippen LogP contribution in [0.5, 0.6) is 0 Å². The fourth-order valence-electron chi connectivity index (χ4n) is 11.0. The first-order valence-electron chi connectivity index (χ1n) is 27.7. The van der Waals surface area contributed by atoms with Crippen LogP contribution in [0.1, 0.15) is 41.5 Å². The minimum absolute atomic E-state index is 0.0856. The molecule has 29 unspecified atom stereocenters. The van der Waals surface area contributed by atoms with Crippen LogP contribution in [-0.2, 0) is 101 Å². The molecule has 0 aromatic rings. The van der Waals surface area contributed by atoms with Crippen LogP contribution in [0.25, 0.3) is 0 Å². The SMILES string of the molecule is [B][B]C1OC(COP(C)(=O)OC2C(COC)OC(B([B])[B])C2C)C(OP(C)(=O)OCC2OC([B])C(C)C2O)C1C.[B][B]C1OC(COP(C)(=O)OC2C(COP(C)(=O)[O-])OC(B([B])[B])C2C)C(OP(C)(=O)OCC2OC([B])C(C)C2OC)C1C. The van der Waals surface area contributed by atoms with E-state index in [0.29, 0.717) is 0 Å². The van der Waals surface area contributed by atoms with Crippen molar-refractivity contribution in [3.8, 4) is 0 Å². The molecular weight excluding hydrogens is 1190 g/mol. The summed E-state index contributed by atoms with van der Waals surface area (Å²) in [6.07, 6.45) is -8.85. The molecule has 84 heavy (non-hydrogen) atoms. The van der Waals surface area contributed by atoms with Crippen molar-refractivity contribution >= 4 is 127 Å². The molecule has 0 amide bonds. The third-order valence-electron chi connectivity index (χ3n) is 15.8. The second-order valence-corrected chi connectivity index (χ2v) is 32.6. The van der Waals surface area contributed by atoms with Gasteiger partial charge in [-0.1, -0.05) is 41.5 Å². The number of rotatable bonds is 30. The van der Waals surface area contributed by atoms with Crippen LogP contribution in [0.2, 0.25) is 0 Å². The predicted octanol–water partition coefficient (Wildman–Crippen LogP) is -0.0141. The molecule has 0 aromatic carbocycles. The molecule has 24 nitrogen and oxygen atoms in total. The molecule has 454 valence electrons. The van der Waals surface area contributed by atoms with Gasteiger partial charge in [-0.3, -0.25) is 18.3 Å². The summed E-state index contributed by atoms with van der Waals surface area (Å²) in [5.41, 5.74) is 0. The Morgan fingerprint density at radius 3 is 1.08 bits per heavy atom. The summed E-state index contributed by atoms with van der Waals surface area (Å²) >= 11 is 0. The van der Waals surface area contributed by atoms with Crippen molar-refractivity contribution in [2.45, 2.75) is 151 Å². The number of aliphatic hydroxyl groups excluding tert-OH is 1. The van der Waals surface area contributed by atoms with Gasteiger partial charge in [0, 0.05) is 165 Å². The van der Waals surface area contributed by atoms with E-state index in [4.69, 9.17) is 141 Å². The van der Waals surface area contributed by atoms with E-state index < -0.39 is 167 Å². The molecule has 0 spiro atoms. The first-order chi connectivity index (χ1) is 38.9.